The second-order valence-electron chi connectivity index (χ2n) is 4.58. The fourth-order valence-corrected chi connectivity index (χ4v) is 1.96. The Bertz CT molecular complexity index is 673. The van der Waals surface area contributed by atoms with Gasteiger partial charge in [-0.05, 0) is 60.7 Å². The second-order valence-corrected chi connectivity index (χ2v) is 4.96. The number of phenols is 1. The lowest BCUT2D eigenvalue weighted by Gasteiger charge is -2.21. The van der Waals surface area contributed by atoms with Gasteiger partial charge in [-0.25, -0.2) is 0 Å². The van der Waals surface area contributed by atoms with Crippen LogP contribution in [0.4, 0.5) is 24.5 Å². The number of benzene rings is 2. The second kappa shape index (κ2) is 6.74. The number of halogens is 3. The zero-order chi connectivity index (χ0) is 17.0. The predicted octanol–water partition coefficient (Wildman–Crippen LogP) is 4.12. The Hall–Kier alpha value is -2.48. The van der Waals surface area contributed by atoms with Gasteiger partial charge in [0.2, 0.25) is 0 Å². The van der Waals surface area contributed by atoms with Gasteiger partial charge in [0.25, 0.3) is 0 Å². The molecule has 0 fully saturated rings. The summed E-state index contributed by atoms with van der Waals surface area (Å²) in [5.74, 6) is -0.165. The van der Waals surface area contributed by atoms with E-state index in [2.05, 4.69) is 10.1 Å². The van der Waals surface area contributed by atoms with E-state index in [1.54, 1.807) is 24.1 Å². The lowest BCUT2D eigenvalue weighted by molar-refractivity contribution is -0.274. The molecule has 0 aliphatic rings. The van der Waals surface area contributed by atoms with Gasteiger partial charge >= 0.3 is 6.36 Å². The number of alkyl halides is 3. The van der Waals surface area contributed by atoms with Crippen LogP contribution in [0.2, 0.25) is 0 Å². The Labute approximate surface area is 136 Å². The molecule has 0 aliphatic heterocycles. The van der Waals surface area contributed by atoms with Gasteiger partial charge in [0, 0.05) is 18.4 Å². The zero-order valence-electron chi connectivity index (χ0n) is 12.0. The van der Waals surface area contributed by atoms with E-state index in [1.807, 2.05) is 0 Å². The summed E-state index contributed by atoms with van der Waals surface area (Å²) >= 11 is 5.24. The van der Waals surface area contributed by atoms with Crippen molar-refractivity contribution in [2.24, 2.45) is 0 Å². The zero-order valence-corrected chi connectivity index (χ0v) is 12.8. The highest BCUT2D eigenvalue weighted by Gasteiger charge is 2.30. The van der Waals surface area contributed by atoms with Gasteiger partial charge in [-0.3, -0.25) is 0 Å². The highest BCUT2D eigenvalue weighted by Crippen LogP contribution is 2.24. The third-order valence-corrected chi connectivity index (χ3v) is 3.26. The molecule has 0 unspecified atom stereocenters. The van der Waals surface area contributed by atoms with Crippen molar-refractivity contribution in [3.8, 4) is 11.5 Å². The predicted molar refractivity (Wildman–Crippen MR) is 85.9 cm³/mol. The highest BCUT2D eigenvalue weighted by molar-refractivity contribution is 7.80. The lowest BCUT2D eigenvalue weighted by Crippen LogP contribution is -2.30. The Kier molecular flexibility index (Phi) is 4.95. The molecule has 0 saturated carbocycles. The van der Waals surface area contributed by atoms with Gasteiger partial charge in [-0.15, -0.1) is 13.2 Å². The number of thiocarbonyl (C=S) groups is 1. The molecule has 122 valence electrons. The molecule has 23 heavy (non-hydrogen) atoms. The number of aromatic hydroxyl groups is 1. The molecule has 0 atom stereocenters. The first-order valence-corrected chi connectivity index (χ1v) is 6.85. The molecule has 2 aromatic rings. The molecule has 0 spiro atoms. The Balaban J connectivity index is 2.01. The van der Waals surface area contributed by atoms with Crippen molar-refractivity contribution in [3.05, 3.63) is 48.5 Å². The normalized spacial score (nSPS) is 11.0. The fourth-order valence-electron chi connectivity index (χ4n) is 1.74. The summed E-state index contributed by atoms with van der Waals surface area (Å²) in [6.07, 6.45) is -4.72. The minimum absolute atomic E-state index is 0.140. The quantitative estimate of drug-likeness (QED) is 0.822. The summed E-state index contributed by atoms with van der Waals surface area (Å²) in [5, 5.41) is 12.5. The maximum absolute atomic E-state index is 12.1. The van der Waals surface area contributed by atoms with Gasteiger partial charge in [0.1, 0.15) is 11.5 Å². The van der Waals surface area contributed by atoms with Gasteiger partial charge in [0.05, 0.1) is 0 Å². The average Bonchev–Trinajstić information content (AvgIpc) is 2.48. The van der Waals surface area contributed by atoms with Crippen molar-refractivity contribution in [1.29, 1.82) is 0 Å². The summed E-state index contributed by atoms with van der Waals surface area (Å²) in [6, 6.07) is 11.7. The first-order valence-electron chi connectivity index (χ1n) is 6.44. The van der Waals surface area contributed by atoms with Crippen molar-refractivity contribution in [2.45, 2.75) is 6.36 Å². The maximum Gasteiger partial charge on any atom is 0.573 e. The first kappa shape index (κ1) is 16.9. The van der Waals surface area contributed by atoms with Crippen LogP contribution >= 0.6 is 12.2 Å². The molecule has 2 rings (SSSR count). The van der Waals surface area contributed by atoms with Crippen LogP contribution in [0.3, 0.4) is 0 Å². The van der Waals surface area contributed by atoms with Crippen LogP contribution in [-0.2, 0) is 0 Å². The molecule has 0 radical (unpaired) electrons. The minimum atomic E-state index is -4.72. The van der Waals surface area contributed by atoms with Gasteiger partial charge in [-0.2, -0.15) is 0 Å². The van der Waals surface area contributed by atoms with Crippen molar-refractivity contribution >= 4 is 28.7 Å². The minimum Gasteiger partial charge on any atom is -0.508 e. The van der Waals surface area contributed by atoms with E-state index >= 15 is 0 Å². The SMILES string of the molecule is CN(C(=S)Nc1ccc(OC(F)(F)F)cc1)c1ccc(O)cc1. The molecule has 0 bridgehead atoms. The molecule has 2 N–H and O–H groups in total. The molecule has 8 heteroatoms. The largest absolute Gasteiger partial charge is 0.573 e. The van der Waals surface area contributed by atoms with E-state index in [1.165, 1.54) is 36.4 Å². The van der Waals surface area contributed by atoms with Crippen molar-refractivity contribution in [3.63, 3.8) is 0 Å². The first-order chi connectivity index (χ1) is 10.7. The monoisotopic (exact) mass is 342 g/mol. The maximum atomic E-state index is 12.1. The number of nitrogens with zero attached hydrogens (tertiary/aromatic N) is 1. The van der Waals surface area contributed by atoms with E-state index in [9.17, 15) is 18.3 Å². The van der Waals surface area contributed by atoms with Crippen LogP contribution in [0.25, 0.3) is 0 Å². The molecule has 2 aromatic carbocycles. The van der Waals surface area contributed by atoms with Crippen LogP contribution < -0.4 is 15.0 Å². The van der Waals surface area contributed by atoms with E-state index in [-0.39, 0.29) is 11.5 Å². The summed E-state index contributed by atoms with van der Waals surface area (Å²) < 4.78 is 40.1. The summed E-state index contributed by atoms with van der Waals surface area (Å²) in [5.41, 5.74) is 1.27. The number of hydrogen-bond acceptors (Lipinski definition) is 3. The number of hydrogen-bond donors (Lipinski definition) is 2. The van der Waals surface area contributed by atoms with Gasteiger partial charge in [0.15, 0.2) is 5.11 Å². The third-order valence-electron chi connectivity index (χ3n) is 2.88. The van der Waals surface area contributed by atoms with E-state index in [4.69, 9.17) is 12.2 Å². The Morgan fingerprint density at radius 1 is 1.09 bits per heavy atom. The molecule has 0 amide bonds. The lowest BCUT2D eigenvalue weighted by atomic mass is 10.3. The van der Waals surface area contributed by atoms with Crippen molar-refractivity contribution in [1.82, 2.24) is 0 Å². The number of nitrogens with one attached hydrogen (secondary N) is 1. The number of anilines is 2. The van der Waals surface area contributed by atoms with E-state index < -0.39 is 6.36 Å². The standard InChI is InChI=1S/C15H13F3N2O2S/c1-20(11-4-6-12(21)7-5-11)14(23)19-10-2-8-13(9-3-10)22-15(16,17)18/h2-9,21H,1H3,(H,19,23). The van der Waals surface area contributed by atoms with Gasteiger partial charge in [-0.1, -0.05) is 0 Å². The van der Waals surface area contributed by atoms with Crippen LogP contribution in [0.1, 0.15) is 0 Å². The third kappa shape index (κ3) is 5.03. The smallest absolute Gasteiger partial charge is 0.508 e. The van der Waals surface area contributed by atoms with E-state index in [0.29, 0.717) is 10.8 Å². The molecule has 0 aromatic heterocycles. The number of phenolic OH excluding ortho intramolecular Hbond substituents is 1. The summed E-state index contributed by atoms with van der Waals surface area (Å²) in [6.45, 7) is 0. The van der Waals surface area contributed by atoms with Crippen LogP contribution in [0.5, 0.6) is 11.5 Å². The van der Waals surface area contributed by atoms with E-state index in [0.717, 1.165) is 5.69 Å². The highest BCUT2D eigenvalue weighted by atomic mass is 32.1. The van der Waals surface area contributed by atoms with Crippen molar-refractivity contribution < 1.29 is 23.0 Å². The van der Waals surface area contributed by atoms with Crippen LogP contribution in [-0.4, -0.2) is 23.6 Å². The molecule has 0 heterocycles. The molecular weight excluding hydrogens is 329 g/mol. The molecule has 0 aliphatic carbocycles. The van der Waals surface area contributed by atoms with Crippen LogP contribution in [0, 0.1) is 0 Å². The Morgan fingerprint density at radius 3 is 2.17 bits per heavy atom. The van der Waals surface area contributed by atoms with Crippen molar-refractivity contribution in [2.75, 3.05) is 17.3 Å². The number of ether oxygens (including phenoxy) is 1. The number of rotatable bonds is 3. The van der Waals surface area contributed by atoms with Gasteiger partial charge < -0.3 is 20.1 Å². The topological polar surface area (TPSA) is 44.7 Å². The molecule has 4 nitrogen and oxygen atoms in total. The average molecular weight is 342 g/mol. The Morgan fingerprint density at radius 2 is 1.65 bits per heavy atom. The molecule has 0 saturated heterocycles. The summed E-state index contributed by atoms with van der Waals surface area (Å²) in [7, 11) is 1.73. The fraction of sp³-hybridized carbons (Fsp3) is 0.133. The van der Waals surface area contributed by atoms with Crippen LogP contribution in [0.15, 0.2) is 48.5 Å². The summed E-state index contributed by atoms with van der Waals surface area (Å²) in [4.78, 5) is 1.66. The molecular formula is C15H13F3N2O2S.